The lowest BCUT2D eigenvalue weighted by atomic mass is 10.1. The zero-order chi connectivity index (χ0) is 15.4. The number of hydrogen-bond acceptors (Lipinski definition) is 3. The summed E-state index contributed by atoms with van der Waals surface area (Å²) in [6, 6.07) is 5.78. The quantitative estimate of drug-likeness (QED) is 0.762. The highest BCUT2D eigenvalue weighted by molar-refractivity contribution is 6.35. The highest BCUT2D eigenvalue weighted by Gasteiger charge is 2.12. The molecule has 2 aromatic rings. The average molecular weight is 308 g/mol. The summed E-state index contributed by atoms with van der Waals surface area (Å²) in [5, 5.41) is 1.61. The number of halogens is 1. The molecule has 0 fully saturated rings. The summed E-state index contributed by atoms with van der Waals surface area (Å²) >= 11 is 6.41. The van der Waals surface area contributed by atoms with E-state index in [1.165, 1.54) is 0 Å². The third-order valence-electron chi connectivity index (χ3n) is 3.09. The highest BCUT2D eigenvalue weighted by Crippen LogP contribution is 2.35. The monoisotopic (exact) mass is 307 g/mol. The maximum absolute atomic E-state index is 6.41. The molecular weight excluding hydrogens is 286 g/mol. The summed E-state index contributed by atoms with van der Waals surface area (Å²) < 4.78 is 11.3. The Bertz CT molecular complexity index is 626. The maximum atomic E-state index is 6.41. The Morgan fingerprint density at radius 1 is 1.05 bits per heavy atom. The Kier molecular flexibility index (Phi) is 5.29. The first kappa shape index (κ1) is 15.9. The molecule has 1 aromatic heterocycles. The van der Waals surface area contributed by atoms with Crippen LogP contribution in [-0.2, 0) is 6.42 Å². The SMILES string of the molecule is CCOc1cc2nc(CC(C)C)cc(Cl)c2cc1OCC. The number of aromatic nitrogens is 1. The van der Waals surface area contributed by atoms with Gasteiger partial charge in [0.05, 0.1) is 23.8 Å². The second-order valence-electron chi connectivity index (χ2n) is 5.38. The van der Waals surface area contributed by atoms with Gasteiger partial charge in [-0.05, 0) is 38.3 Å². The molecule has 0 bridgehead atoms. The van der Waals surface area contributed by atoms with Gasteiger partial charge in [-0.2, -0.15) is 0 Å². The Balaban J connectivity index is 2.54. The molecule has 21 heavy (non-hydrogen) atoms. The smallest absolute Gasteiger partial charge is 0.163 e. The summed E-state index contributed by atoms with van der Waals surface area (Å²) in [6.07, 6.45) is 0.910. The van der Waals surface area contributed by atoms with Gasteiger partial charge < -0.3 is 9.47 Å². The van der Waals surface area contributed by atoms with Crippen molar-refractivity contribution in [2.45, 2.75) is 34.1 Å². The van der Waals surface area contributed by atoms with Gasteiger partial charge in [-0.15, -0.1) is 0 Å². The standard InChI is InChI=1S/C17H22ClNO2/c1-5-20-16-9-13-14(18)8-12(7-11(3)4)19-15(13)10-17(16)21-6-2/h8-11H,5-7H2,1-4H3. The molecule has 0 saturated carbocycles. The zero-order valence-corrected chi connectivity index (χ0v) is 13.8. The summed E-state index contributed by atoms with van der Waals surface area (Å²) in [5.74, 6) is 1.98. The molecule has 0 unspecified atom stereocenters. The van der Waals surface area contributed by atoms with E-state index in [9.17, 15) is 0 Å². The highest BCUT2D eigenvalue weighted by atomic mass is 35.5. The molecule has 1 aromatic carbocycles. The topological polar surface area (TPSA) is 31.4 Å². The van der Waals surface area contributed by atoms with Crippen molar-refractivity contribution in [2.24, 2.45) is 5.92 Å². The molecule has 0 saturated heterocycles. The predicted octanol–water partition coefficient (Wildman–Crippen LogP) is 4.88. The Morgan fingerprint density at radius 2 is 1.67 bits per heavy atom. The molecule has 0 aliphatic rings. The average Bonchev–Trinajstić information content (AvgIpc) is 2.40. The molecule has 0 radical (unpaired) electrons. The maximum Gasteiger partial charge on any atom is 0.163 e. The molecule has 0 N–H and O–H groups in total. The van der Waals surface area contributed by atoms with E-state index in [0.717, 1.165) is 28.8 Å². The fourth-order valence-corrected chi connectivity index (χ4v) is 2.58. The van der Waals surface area contributed by atoms with Crippen LogP contribution in [0.25, 0.3) is 10.9 Å². The number of hydrogen-bond donors (Lipinski definition) is 0. The molecule has 0 amide bonds. The third kappa shape index (κ3) is 3.79. The van der Waals surface area contributed by atoms with Gasteiger partial charge in [-0.3, -0.25) is 4.98 Å². The molecular formula is C17H22ClNO2. The van der Waals surface area contributed by atoms with Crippen LogP contribution < -0.4 is 9.47 Å². The number of nitrogens with zero attached hydrogens (tertiary/aromatic N) is 1. The summed E-state index contributed by atoms with van der Waals surface area (Å²) in [5.41, 5.74) is 1.86. The molecule has 0 aliphatic heterocycles. The van der Waals surface area contributed by atoms with Crippen LogP contribution in [0.3, 0.4) is 0 Å². The van der Waals surface area contributed by atoms with Crippen molar-refractivity contribution in [2.75, 3.05) is 13.2 Å². The van der Waals surface area contributed by atoms with Crippen molar-refractivity contribution >= 4 is 22.5 Å². The third-order valence-corrected chi connectivity index (χ3v) is 3.41. The van der Waals surface area contributed by atoms with Gasteiger partial charge in [0.15, 0.2) is 11.5 Å². The van der Waals surface area contributed by atoms with Gasteiger partial charge in [0.25, 0.3) is 0 Å². The second-order valence-corrected chi connectivity index (χ2v) is 5.78. The minimum absolute atomic E-state index is 0.542. The molecule has 0 aliphatic carbocycles. The van der Waals surface area contributed by atoms with E-state index in [4.69, 9.17) is 26.1 Å². The van der Waals surface area contributed by atoms with Crippen LogP contribution in [0.15, 0.2) is 18.2 Å². The molecule has 114 valence electrons. The van der Waals surface area contributed by atoms with Crippen LogP contribution in [-0.4, -0.2) is 18.2 Å². The lowest BCUT2D eigenvalue weighted by Crippen LogP contribution is -2.01. The van der Waals surface area contributed by atoms with Crippen LogP contribution in [0.1, 0.15) is 33.4 Å². The van der Waals surface area contributed by atoms with Gasteiger partial charge in [0.1, 0.15) is 0 Å². The summed E-state index contributed by atoms with van der Waals surface area (Å²) in [4.78, 5) is 4.70. The lowest BCUT2D eigenvalue weighted by Gasteiger charge is -2.13. The van der Waals surface area contributed by atoms with Crippen LogP contribution in [0.5, 0.6) is 11.5 Å². The predicted molar refractivity (Wildman–Crippen MR) is 87.6 cm³/mol. The Morgan fingerprint density at radius 3 is 2.24 bits per heavy atom. The van der Waals surface area contributed by atoms with E-state index >= 15 is 0 Å². The summed E-state index contributed by atoms with van der Waals surface area (Å²) in [6.45, 7) is 9.42. The Hall–Kier alpha value is -1.48. The van der Waals surface area contributed by atoms with Crippen molar-refractivity contribution in [1.29, 1.82) is 0 Å². The lowest BCUT2D eigenvalue weighted by molar-refractivity contribution is 0.288. The largest absolute Gasteiger partial charge is 0.490 e. The first-order valence-electron chi connectivity index (χ1n) is 7.43. The molecule has 2 rings (SSSR count). The van der Waals surface area contributed by atoms with Crippen molar-refractivity contribution in [3.63, 3.8) is 0 Å². The number of ether oxygens (including phenoxy) is 2. The molecule has 0 spiro atoms. The minimum atomic E-state index is 0.542. The van der Waals surface area contributed by atoms with E-state index in [1.807, 2.05) is 32.0 Å². The van der Waals surface area contributed by atoms with Crippen LogP contribution in [0.4, 0.5) is 0 Å². The molecule has 1 heterocycles. The van der Waals surface area contributed by atoms with Crippen molar-refractivity contribution in [1.82, 2.24) is 4.98 Å². The van der Waals surface area contributed by atoms with Crippen LogP contribution in [0, 0.1) is 5.92 Å². The first-order valence-corrected chi connectivity index (χ1v) is 7.81. The molecule has 0 atom stereocenters. The fourth-order valence-electron chi connectivity index (χ4n) is 2.30. The van der Waals surface area contributed by atoms with E-state index in [0.29, 0.717) is 29.9 Å². The number of benzene rings is 1. The first-order chi connectivity index (χ1) is 10.0. The van der Waals surface area contributed by atoms with E-state index in [2.05, 4.69) is 13.8 Å². The van der Waals surface area contributed by atoms with Crippen LogP contribution >= 0.6 is 11.6 Å². The normalized spacial score (nSPS) is 11.1. The number of fused-ring (bicyclic) bond motifs is 1. The van der Waals surface area contributed by atoms with Crippen LogP contribution in [0.2, 0.25) is 5.02 Å². The van der Waals surface area contributed by atoms with Gasteiger partial charge >= 0.3 is 0 Å². The fraction of sp³-hybridized carbons (Fsp3) is 0.471. The van der Waals surface area contributed by atoms with Gasteiger partial charge in [-0.1, -0.05) is 25.4 Å². The van der Waals surface area contributed by atoms with E-state index in [1.54, 1.807) is 0 Å². The van der Waals surface area contributed by atoms with Crippen molar-refractivity contribution < 1.29 is 9.47 Å². The zero-order valence-electron chi connectivity index (χ0n) is 13.1. The molecule has 3 nitrogen and oxygen atoms in total. The Labute approximate surface area is 131 Å². The van der Waals surface area contributed by atoms with Gasteiger partial charge in [-0.25, -0.2) is 0 Å². The van der Waals surface area contributed by atoms with E-state index in [-0.39, 0.29) is 0 Å². The van der Waals surface area contributed by atoms with Gasteiger partial charge in [0.2, 0.25) is 0 Å². The van der Waals surface area contributed by atoms with Gasteiger partial charge in [0, 0.05) is 17.1 Å². The second kappa shape index (κ2) is 6.99. The number of rotatable bonds is 6. The minimum Gasteiger partial charge on any atom is -0.490 e. The summed E-state index contributed by atoms with van der Waals surface area (Å²) in [7, 11) is 0. The van der Waals surface area contributed by atoms with Crippen molar-refractivity contribution in [3.8, 4) is 11.5 Å². The van der Waals surface area contributed by atoms with E-state index < -0.39 is 0 Å². The molecule has 4 heteroatoms. The number of pyridine rings is 1. The van der Waals surface area contributed by atoms with Crippen molar-refractivity contribution in [3.05, 3.63) is 28.9 Å².